The topological polar surface area (TPSA) is 68.2 Å². The van der Waals surface area contributed by atoms with Gasteiger partial charge in [-0.3, -0.25) is 9.88 Å². The van der Waals surface area contributed by atoms with Crippen LogP contribution in [-0.4, -0.2) is 20.0 Å². The van der Waals surface area contributed by atoms with Crippen molar-refractivity contribution in [1.82, 2.24) is 20.0 Å². The molecule has 0 aliphatic rings. The largest absolute Gasteiger partial charge is 0.468 e. The van der Waals surface area contributed by atoms with E-state index < -0.39 is 0 Å². The lowest BCUT2D eigenvalue weighted by molar-refractivity contribution is 0.215. The van der Waals surface area contributed by atoms with Crippen molar-refractivity contribution < 1.29 is 8.94 Å². The quantitative estimate of drug-likeness (QED) is 0.631. The molecule has 3 heterocycles. The van der Waals surface area contributed by atoms with E-state index in [1.54, 1.807) is 12.5 Å². The van der Waals surface area contributed by atoms with Crippen LogP contribution in [0.5, 0.6) is 0 Å². The monoisotopic (exact) mass is 326 g/mol. The molecule has 0 aliphatic heterocycles. The summed E-state index contributed by atoms with van der Waals surface area (Å²) in [5, 5.41) is 4.10. The summed E-state index contributed by atoms with van der Waals surface area (Å²) in [7, 11) is 0. The highest BCUT2D eigenvalue weighted by Crippen LogP contribution is 2.13. The fourth-order valence-electron chi connectivity index (χ4n) is 2.50. The highest BCUT2D eigenvalue weighted by Gasteiger charge is 2.15. The molecule has 6 heteroatoms. The van der Waals surface area contributed by atoms with Crippen molar-refractivity contribution in [2.45, 2.75) is 39.9 Å². The lowest BCUT2D eigenvalue weighted by atomic mass is 10.1. The number of aromatic nitrogens is 3. The van der Waals surface area contributed by atoms with Gasteiger partial charge in [-0.05, 0) is 30.2 Å². The van der Waals surface area contributed by atoms with Crippen molar-refractivity contribution in [3.63, 3.8) is 0 Å². The summed E-state index contributed by atoms with van der Waals surface area (Å²) in [5.74, 6) is 2.77. The summed E-state index contributed by atoms with van der Waals surface area (Å²) in [6, 6.07) is 9.77. The molecule has 0 bridgehead atoms. The molecule has 0 atom stereocenters. The summed E-state index contributed by atoms with van der Waals surface area (Å²) in [6.07, 6.45) is 4.28. The zero-order valence-electron chi connectivity index (χ0n) is 14.1. The Morgan fingerprint density at radius 2 is 2.00 bits per heavy atom. The summed E-state index contributed by atoms with van der Waals surface area (Å²) in [5.41, 5.74) is 0.995. The van der Waals surface area contributed by atoms with Crippen molar-refractivity contribution in [2.75, 3.05) is 0 Å². The molecule has 0 unspecified atom stereocenters. The number of rotatable bonds is 8. The van der Waals surface area contributed by atoms with Gasteiger partial charge in [0.05, 0.1) is 25.0 Å². The molecule has 0 radical (unpaired) electrons. The Hall–Kier alpha value is -2.47. The van der Waals surface area contributed by atoms with Crippen molar-refractivity contribution in [3.05, 3.63) is 66.0 Å². The Bertz CT molecular complexity index is 723. The third-order valence-electron chi connectivity index (χ3n) is 3.53. The molecule has 0 amide bonds. The van der Waals surface area contributed by atoms with Gasteiger partial charge in [0.15, 0.2) is 5.82 Å². The van der Waals surface area contributed by atoms with Gasteiger partial charge in [0, 0.05) is 19.2 Å². The first kappa shape index (κ1) is 16.4. The molecule has 3 aromatic heterocycles. The van der Waals surface area contributed by atoms with Crippen LogP contribution < -0.4 is 0 Å². The van der Waals surface area contributed by atoms with Gasteiger partial charge in [0.25, 0.3) is 0 Å². The minimum absolute atomic E-state index is 0.492. The molecule has 24 heavy (non-hydrogen) atoms. The normalized spacial score (nSPS) is 11.5. The molecule has 0 fully saturated rings. The molecule has 3 rings (SSSR count). The number of pyridine rings is 1. The van der Waals surface area contributed by atoms with Crippen molar-refractivity contribution in [3.8, 4) is 0 Å². The molecule has 6 nitrogen and oxygen atoms in total. The number of nitrogens with zero attached hydrogens (tertiary/aromatic N) is 4. The van der Waals surface area contributed by atoms with Gasteiger partial charge in [0.2, 0.25) is 5.89 Å². The van der Waals surface area contributed by atoms with Crippen LogP contribution >= 0.6 is 0 Å². The summed E-state index contributed by atoms with van der Waals surface area (Å²) >= 11 is 0. The minimum atomic E-state index is 0.492. The van der Waals surface area contributed by atoms with E-state index in [0.717, 1.165) is 17.9 Å². The molecule has 0 aliphatic carbocycles. The standard InChI is InChI=1S/C18H22N4O2/c1-14(2)10-18-20-17(21-24-18)13-22(12-16-7-5-9-23-16)11-15-6-3-4-8-19-15/h3-9,14H,10-13H2,1-2H3. The summed E-state index contributed by atoms with van der Waals surface area (Å²) in [6.45, 7) is 6.20. The second kappa shape index (κ2) is 7.88. The van der Waals surface area contributed by atoms with E-state index in [-0.39, 0.29) is 0 Å². The summed E-state index contributed by atoms with van der Waals surface area (Å²) in [4.78, 5) is 11.1. The molecule has 0 saturated heterocycles. The second-order valence-corrected chi connectivity index (χ2v) is 6.25. The number of furan rings is 1. The van der Waals surface area contributed by atoms with E-state index >= 15 is 0 Å². The molecule has 0 saturated carbocycles. The zero-order valence-corrected chi connectivity index (χ0v) is 14.1. The highest BCUT2D eigenvalue weighted by molar-refractivity contribution is 5.05. The minimum Gasteiger partial charge on any atom is -0.468 e. The van der Waals surface area contributed by atoms with Crippen molar-refractivity contribution in [2.24, 2.45) is 5.92 Å². The van der Waals surface area contributed by atoms with Gasteiger partial charge in [-0.1, -0.05) is 25.1 Å². The van der Waals surface area contributed by atoms with Crippen LogP contribution in [0.15, 0.2) is 51.7 Å². The fraction of sp³-hybridized carbons (Fsp3) is 0.389. The second-order valence-electron chi connectivity index (χ2n) is 6.25. The Kier molecular flexibility index (Phi) is 5.38. The van der Waals surface area contributed by atoms with Gasteiger partial charge >= 0.3 is 0 Å². The van der Waals surface area contributed by atoms with Crippen molar-refractivity contribution >= 4 is 0 Å². The maximum Gasteiger partial charge on any atom is 0.226 e. The molecule has 126 valence electrons. The lowest BCUT2D eigenvalue weighted by Crippen LogP contribution is -2.23. The van der Waals surface area contributed by atoms with Gasteiger partial charge in [-0.2, -0.15) is 4.98 Å². The molecule has 0 N–H and O–H groups in total. The molecule has 0 spiro atoms. The third-order valence-corrected chi connectivity index (χ3v) is 3.53. The van der Waals surface area contributed by atoms with Gasteiger partial charge in [-0.25, -0.2) is 0 Å². The van der Waals surface area contributed by atoms with E-state index in [9.17, 15) is 0 Å². The first-order valence-corrected chi connectivity index (χ1v) is 8.15. The zero-order chi connectivity index (χ0) is 16.8. The average Bonchev–Trinajstić information content (AvgIpc) is 3.20. The number of hydrogen-bond acceptors (Lipinski definition) is 6. The van der Waals surface area contributed by atoms with Crippen molar-refractivity contribution in [1.29, 1.82) is 0 Å². The Balaban J connectivity index is 1.70. The Morgan fingerprint density at radius 3 is 2.71 bits per heavy atom. The maximum atomic E-state index is 5.47. The highest BCUT2D eigenvalue weighted by atomic mass is 16.5. The molecular formula is C18H22N4O2. The van der Waals surface area contributed by atoms with Gasteiger partial charge in [0.1, 0.15) is 5.76 Å². The fourth-order valence-corrected chi connectivity index (χ4v) is 2.50. The van der Waals surface area contributed by atoms with Crippen LogP contribution in [-0.2, 0) is 26.1 Å². The van der Waals surface area contributed by atoms with E-state index in [0.29, 0.717) is 37.3 Å². The molecular weight excluding hydrogens is 304 g/mol. The van der Waals surface area contributed by atoms with E-state index in [4.69, 9.17) is 8.94 Å². The van der Waals surface area contributed by atoms with Gasteiger partial charge < -0.3 is 8.94 Å². The summed E-state index contributed by atoms with van der Waals surface area (Å²) < 4.78 is 10.8. The first-order valence-electron chi connectivity index (χ1n) is 8.15. The molecule has 0 aromatic carbocycles. The maximum absolute atomic E-state index is 5.47. The van der Waals surface area contributed by atoms with Crippen LogP contribution in [0.2, 0.25) is 0 Å². The number of hydrogen-bond donors (Lipinski definition) is 0. The predicted octanol–water partition coefficient (Wildman–Crippen LogP) is 3.46. The first-order chi connectivity index (χ1) is 11.7. The lowest BCUT2D eigenvalue weighted by Gasteiger charge is -2.18. The molecule has 3 aromatic rings. The van der Waals surface area contributed by atoms with Crippen LogP contribution in [0.4, 0.5) is 0 Å². The predicted molar refractivity (Wildman–Crippen MR) is 88.7 cm³/mol. The van der Waals surface area contributed by atoms with Crippen LogP contribution in [0, 0.1) is 5.92 Å². The van der Waals surface area contributed by atoms with E-state index in [2.05, 4.69) is 33.9 Å². The van der Waals surface area contributed by atoms with E-state index in [1.165, 1.54) is 0 Å². The third kappa shape index (κ3) is 4.76. The van der Waals surface area contributed by atoms with Gasteiger partial charge in [-0.15, -0.1) is 0 Å². The Morgan fingerprint density at radius 1 is 1.08 bits per heavy atom. The SMILES string of the molecule is CC(C)Cc1nc(CN(Cc2ccccn2)Cc2ccco2)no1. The van der Waals surface area contributed by atoms with Crippen LogP contribution in [0.1, 0.15) is 37.0 Å². The van der Waals surface area contributed by atoms with Crippen LogP contribution in [0.3, 0.4) is 0 Å². The van der Waals surface area contributed by atoms with E-state index in [1.807, 2.05) is 30.3 Å². The van der Waals surface area contributed by atoms with Crippen LogP contribution in [0.25, 0.3) is 0 Å². The Labute approximate surface area is 141 Å². The average molecular weight is 326 g/mol. The smallest absolute Gasteiger partial charge is 0.226 e.